The van der Waals surface area contributed by atoms with E-state index >= 15 is 0 Å². The first kappa shape index (κ1) is 15.4. The van der Waals surface area contributed by atoms with Crippen LogP contribution in [0.1, 0.15) is 11.1 Å². The molecular formula is C16H14N2O4. The van der Waals surface area contributed by atoms with E-state index in [1.54, 1.807) is 43.3 Å². The van der Waals surface area contributed by atoms with Crippen LogP contribution >= 0.6 is 0 Å². The van der Waals surface area contributed by atoms with Gasteiger partial charge in [-0.1, -0.05) is 40.6 Å². The zero-order valence-corrected chi connectivity index (χ0v) is 12.1. The van der Waals surface area contributed by atoms with Crippen molar-refractivity contribution in [3.8, 4) is 11.5 Å². The quantitative estimate of drug-likeness (QED) is 0.767. The van der Waals surface area contributed by atoms with E-state index < -0.39 is 12.2 Å². The molecule has 22 heavy (non-hydrogen) atoms. The first-order valence-corrected chi connectivity index (χ1v) is 6.52. The molecule has 2 amide bonds. The number of rotatable bonds is 2. The maximum absolute atomic E-state index is 11.5. The van der Waals surface area contributed by atoms with Crippen molar-refractivity contribution in [2.24, 2.45) is 10.2 Å². The minimum Gasteiger partial charge on any atom is -0.408 e. The van der Waals surface area contributed by atoms with Gasteiger partial charge in [0.1, 0.15) is 11.5 Å². The summed E-state index contributed by atoms with van der Waals surface area (Å²) in [4.78, 5) is 22.9. The Morgan fingerprint density at radius 1 is 0.864 bits per heavy atom. The summed E-state index contributed by atoms with van der Waals surface area (Å²) in [5, 5.41) is 6.33. The molecule has 0 aliphatic heterocycles. The number of aryl methyl sites for hydroxylation is 2. The first-order valence-electron chi connectivity index (χ1n) is 6.52. The monoisotopic (exact) mass is 298 g/mol. The summed E-state index contributed by atoms with van der Waals surface area (Å²) in [5.41, 5.74) is 1.70. The zero-order valence-electron chi connectivity index (χ0n) is 12.1. The van der Waals surface area contributed by atoms with Crippen LogP contribution in [-0.2, 0) is 0 Å². The Morgan fingerprint density at radius 3 is 2.23 bits per heavy atom. The van der Waals surface area contributed by atoms with E-state index in [1.807, 2.05) is 19.1 Å². The second kappa shape index (κ2) is 7.12. The average molecular weight is 298 g/mol. The predicted molar refractivity (Wildman–Crippen MR) is 79.3 cm³/mol. The van der Waals surface area contributed by atoms with E-state index in [0.717, 1.165) is 11.1 Å². The van der Waals surface area contributed by atoms with Crippen LogP contribution in [0.4, 0.5) is 9.59 Å². The maximum atomic E-state index is 11.5. The molecule has 2 aromatic carbocycles. The normalized spacial score (nSPS) is 10.5. The predicted octanol–water partition coefficient (Wildman–Crippen LogP) is 4.45. The van der Waals surface area contributed by atoms with Crippen LogP contribution in [0.5, 0.6) is 11.5 Å². The number of carbonyl (C=O) groups excluding carboxylic acids is 2. The molecule has 0 fully saturated rings. The maximum Gasteiger partial charge on any atom is 0.458 e. The van der Waals surface area contributed by atoms with Gasteiger partial charge in [0.05, 0.1) is 0 Å². The van der Waals surface area contributed by atoms with Crippen molar-refractivity contribution in [1.82, 2.24) is 0 Å². The smallest absolute Gasteiger partial charge is 0.408 e. The number of para-hydroxylation sites is 1. The third-order valence-corrected chi connectivity index (χ3v) is 2.70. The van der Waals surface area contributed by atoms with Crippen LogP contribution < -0.4 is 9.47 Å². The Labute approximate surface area is 127 Å². The van der Waals surface area contributed by atoms with Crippen LogP contribution in [0.25, 0.3) is 0 Å². The van der Waals surface area contributed by atoms with Crippen molar-refractivity contribution in [3.05, 3.63) is 59.7 Å². The van der Waals surface area contributed by atoms with Crippen LogP contribution in [-0.4, -0.2) is 12.2 Å². The summed E-state index contributed by atoms with van der Waals surface area (Å²) in [6.45, 7) is 3.64. The number of nitrogens with zero attached hydrogens (tertiary/aromatic N) is 2. The van der Waals surface area contributed by atoms with Gasteiger partial charge >= 0.3 is 12.2 Å². The van der Waals surface area contributed by atoms with Crippen LogP contribution in [0.15, 0.2) is 58.8 Å². The van der Waals surface area contributed by atoms with Gasteiger partial charge in [-0.2, -0.15) is 0 Å². The van der Waals surface area contributed by atoms with Gasteiger partial charge in [0.15, 0.2) is 0 Å². The number of hydrogen-bond donors (Lipinski definition) is 0. The number of azo groups is 1. The third kappa shape index (κ3) is 4.52. The molecule has 0 aliphatic carbocycles. The van der Waals surface area contributed by atoms with Gasteiger partial charge in [-0.05, 0) is 43.2 Å². The highest BCUT2D eigenvalue weighted by molar-refractivity contribution is 5.76. The highest BCUT2D eigenvalue weighted by Crippen LogP contribution is 2.17. The number of amides is 2. The summed E-state index contributed by atoms with van der Waals surface area (Å²) < 4.78 is 9.87. The summed E-state index contributed by atoms with van der Waals surface area (Å²) in [5.74, 6) is 0.690. The SMILES string of the molecule is Cc1cccc(OC(=O)/N=N/C(=O)Oc2ccccc2C)c1. The van der Waals surface area contributed by atoms with Crippen LogP contribution in [0, 0.1) is 13.8 Å². The van der Waals surface area contributed by atoms with E-state index in [4.69, 9.17) is 9.47 Å². The van der Waals surface area contributed by atoms with Gasteiger partial charge in [-0.15, -0.1) is 0 Å². The molecular weight excluding hydrogens is 284 g/mol. The molecule has 0 bridgehead atoms. The topological polar surface area (TPSA) is 77.3 Å². The second-order valence-electron chi connectivity index (χ2n) is 4.52. The second-order valence-corrected chi connectivity index (χ2v) is 4.52. The molecule has 0 spiro atoms. The number of benzene rings is 2. The number of ether oxygens (including phenoxy) is 2. The fourth-order valence-electron chi connectivity index (χ4n) is 1.67. The lowest BCUT2D eigenvalue weighted by Crippen LogP contribution is -2.06. The highest BCUT2D eigenvalue weighted by Gasteiger charge is 2.08. The summed E-state index contributed by atoms with van der Waals surface area (Å²) in [7, 11) is 0. The lowest BCUT2D eigenvalue weighted by molar-refractivity contribution is 0.200. The minimum absolute atomic E-state index is 0.330. The number of hydrogen-bond acceptors (Lipinski definition) is 4. The summed E-state index contributed by atoms with van der Waals surface area (Å²) in [6.07, 6.45) is -1.98. The Kier molecular flexibility index (Phi) is 4.98. The van der Waals surface area contributed by atoms with Crippen molar-refractivity contribution in [3.63, 3.8) is 0 Å². The molecule has 2 rings (SSSR count). The summed E-state index contributed by atoms with van der Waals surface area (Å²) >= 11 is 0. The molecule has 0 aromatic heterocycles. The van der Waals surface area contributed by atoms with Gasteiger partial charge in [0.25, 0.3) is 0 Å². The lowest BCUT2D eigenvalue weighted by Gasteiger charge is -2.03. The van der Waals surface area contributed by atoms with Crippen LogP contribution in [0.3, 0.4) is 0 Å². The Morgan fingerprint density at radius 2 is 1.55 bits per heavy atom. The Bertz CT molecular complexity index is 726. The van der Waals surface area contributed by atoms with Gasteiger partial charge in [-0.25, -0.2) is 9.59 Å². The first-order chi connectivity index (χ1) is 10.5. The molecule has 112 valence electrons. The summed E-state index contributed by atoms with van der Waals surface area (Å²) in [6, 6.07) is 13.8. The fourth-order valence-corrected chi connectivity index (χ4v) is 1.67. The third-order valence-electron chi connectivity index (χ3n) is 2.70. The lowest BCUT2D eigenvalue weighted by atomic mass is 10.2. The van der Waals surface area contributed by atoms with E-state index in [0.29, 0.717) is 11.5 Å². The van der Waals surface area contributed by atoms with Crippen molar-refractivity contribution < 1.29 is 19.1 Å². The van der Waals surface area contributed by atoms with E-state index in [2.05, 4.69) is 10.2 Å². The van der Waals surface area contributed by atoms with Crippen molar-refractivity contribution in [2.45, 2.75) is 13.8 Å². The molecule has 0 saturated heterocycles. The van der Waals surface area contributed by atoms with Crippen molar-refractivity contribution in [1.29, 1.82) is 0 Å². The zero-order chi connectivity index (χ0) is 15.9. The van der Waals surface area contributed by atoms with Crippen LogP contribution in [0.2, 0.25) is 0 Å². The van der Waals surface area contributed by atoms with E-state index in [1.165, 1.54) is 0 Å². The average Bonchev–Trinajstić information content (AvgIpc) is 2.48. The Balaban J connectivity index is 1.92. The largest absolute Gasteiger partial charge is 0.458 e. The molecule has 0 N–H and O–H groups in total. The minimum atomic E-state index is -0.993. The van der Waals surface area contributed by atoms with Gasteiger partial charge in [-0.3, -0.25) is 0 Å². The molecule has 2 aromatic rings. The van der Waals surface area contributed by atoms with Gasteiger partial charge in [0.2, 0.25) is 0 Å². The molecule has 0 heterocycles. The molecule has 0 radical (unpaired) electrons. The van der Waals surface area contributed by atoms with E-state index in [-0.39, 0.29) is 0 Å². The van der Waals surface area contributed by atoms with Crippen molar-refractivity contribution in [2.75, 3.05) is 0 Å². The Hall–Kier alpha value is -3.02. The standard InChI is InChI=1S/C16H14N2O4/c1-11-6-5-8-13(10-11)21-15(19)17-18-16(20)22-14-9-4-3-7-12(14)2/h3-10H,1-2H3/b18-17+. The molecule has 6 heteroatoms. The molecule has 0 atom stereocenters. The van der Waals surface area contributed by atoms with Gasteiger partial charge in [0, 0.05) is 0 Å². The van der Waals surface area contributed by atoms with Crippen molar-refractivity contribution >= 4 is 12.2 Å². The fraction of sp³-hybridized carbons (Fsp3) is 0.125. The molecule has 0 saturated carbocycles. The molecule has 6 nitrogen and oxygen atoms in total. The number of carbonyl (C=O) groups is 2. The van der Waals surface area contributed by atoms with E-state index in [9.17, 15) is 9.59 Å². The van der Waals surface area contributed by atoms with Gasteiger partial charge < -0.3 is 9.47 Å². The highest BCUT2D eigenvalue weighted by atomic mass is 16.6. The molecule has 0 aliphatic rings. The molecule has 0 unspecified atom stereocenters.